The van der Waals surface area contributed by atoms with Crippen LogP contribution in [0.1, 0.15) is 26.7 Å². The van der Waals surface area contributed by atoms with Crippen LogP contribution >= 0.6 is 0 Å². The quantitative estimate of drug-likeness (QED) is 0.666. The number of likely N-dealkylation sites (N-methyl/N-ethyl adjacent to an activating group) is 1. The maximum Gasteiger partial charge on any atom is 0.0861 e. The molecule has 0 aromatic rings. The van der Waals surface area contributed by atoms with E-state index in [2.05, 4.69) is 17.3 Å². The maximum atomic E-state index is 5.41. The van der Waals surface area contributed by atoms with Gasteiger partial charge in [0, 0.05) is 19.1 Å². The Bertz CT molecular complexity index is 247. The van der Waals surface area contributed by atoms with Crippen molar-refractivity contribution in [2.45, 2.75) is 43.6 Å². The molecule has 2 atom stereocenters. The van der Waals surface area contributed by atoms with Crippen LogP contribution in [0.2, 0.25) is 0 Å². The van der Waals surface area contributed by atoms with E-state index in [0.29, 0.717) is 12.6 Å². The molecule has 2 aliphatic rings. The number of hydrogen-bond acceptors (Lipinski definition) is 3. The highest BCUT2D eigenvalue weighted by Crippen LogP contribution is 2.29. The molecule has 0 saturated carbocycles. The van der Waals surface area contributed by atoms with Crippen LogP contribution in [0, 0.1) is 0 Å². The molecular weight excluding hydrogens is 209 g/mol. The van der Waals surface area contributed by atoms with Gasteiger partial charge in [-0.1, -0.05) is 13.8 Å². The van der Waals surface area contributed by atoms with E-state index in [1.165, 1.54) is 6.42 Å². The second-order valence-corrected chi connectivity index (χ2v) is 5.00. The first-order valence-corrected chi connectivity index (χ1v) is 6.35. The predicted molar refractivity (Wildman–Crippen MR) is 73.7 cm³/mol. The van der Waals surface area contributed by atoms with Crippen LogP contribution in [-0.4, -0.2) is 72.1 Å². The van der Waals surface area contributed by atoms with E-state index in [1.807, 2.05) is 13.8 Å². The fourth-order valence-corrected chi connectivity index (χ4v) is 2.67. The van der Waals surface area contributed by atoms with E-state index >= 15 is 0 Å². The van der Waals surface area contributed by atoms with Crippen molar-refractivity contribution in [3.8, 4) is 0 Å². The minimum absolute atomic E-state index is 0.0129. The second-order valence-electron chi connectivity index (χ2n) is 5.00. The molecule has 0 aliphatic carbocycles. The number of hydrogen-bond donors (Lipinski definition) is 1. The summed E-state index contributed by atoms with van der Waals surface area (Å²) < 4.78 is 5.28. The van der Waals surface area contributed by atoms with Gasteiger partial charge in [-0.2, -0.15) is 0 Å². The van der Waals surface area contributed by atoms with Gasteiger partial charge in [-0.15, -0.1) is 0 Å². The lowest BCUT2D eigenvalue weighted by atomic mass is 9.52. The molecule has 0 aromatic carbocycles. The lowest BCUT2D eigenvalue weighted by Crippen LogP contribution is -2.61. The number of piperazine rings is 1. The fourth-order valence-electron chi connectivity index (χ4n) is 2.67. The van der Waals surface area contributed by atoms with E-state index in [4.69, 9.17) is 28.3 Å². The fraction of sp³-hybridized carbons (Fsp3) is 1.00. The van der Waals surface area contributed by atoms with Crippen LogP contribution in [0.4, 0.5) is 0 Å². The summed E-state index contributed by atoms with van der Waals surface area (Å²) in [4.78, 5) is 2.31. The van der Waals surface area contributed by atoms with Crippen molar-refractivity contribution in [2.24, 2.45) is 0 Å². The van der Waals surface area contributed by atoms with Crippen LogP contribution in [0.3, 0.4) is 0 Å². The number of nitrogens with zero attached hydrogens (tertiary/aromatic N) is 1. The molecule has 17 heavy (non-hydrogen) atoms. The van der Waals surface area contributed by atoms with E-state index < -0.39 is 5.30 Å². The van der Waals surface area contributed by atoms with Crippen LogP contribution < -0.4 is 5.32 Å². The minimum atomic E-state index is -1.52. The Morgan fingerprint density at radius 3 is 2.65 bits per heavy atom. The molecule has 0 aromatic heterocycles. The Balaban J connectivity index is 0.000000686. The Morgan fingerprint density at radius 1 is 1.41 bits per heavy atom. The van der Waals surface area contributed by atoms with Gasteiger partial charge in [-0.05, 0) is 25.2 Å². The molecule has 2 rings (SSSR count). The van der Waals surface area contributed by atoms with E-state index in [0.717, 1.165) is 19.5 Å². The molecule has 2 fully saturated rings. The summed E-state index contributed by atoms with van der Waals surface area (Å²) in [6.07, 6.45) is 2.28. The molecule has 2 aliphatic heterocycles. The van der Waals surface area contributed by atoms with Crippen molar-refractivity contribution in [2.75, 3.05) is 26.7 Å². The molecular formula is C11H21B3N2O. The molecule has 1 unspecified atom stereocenters. The first kappa shape index (κ1) is 15.1. The average molecular weight is 230 g/mol. The summed E-state index contributed by atoms with van der Waals surface area (Å²) in [7, 11) is 18.3. The number of rotatable bonds is 3. The van der Waals surface area contributed by atoms with Crippen molar-refractivity contribution in [3.05, 3.63) is 0 Å². The molecule has 2 saturated heterocycles. The monoisotopic (exact) mass is 230 g/mol. The van der Waals surface area contributed by atoms with Gasteiger partial charge in [-0.3, -0.25) is 0 Å². The Morgan fingerprint density at radius 2 is 2.06 bits per heavy atom. The first-order chi connectivity index (χ1) is 7.89. The molecule has 3 nitrogen and oxygen atoms in total. The normalized spacial score (nSPS) is 33.0. The van der Waals surface area contributed by atoms with Crippen LogP contribution in [0.5, 0.6) is 0 Å². The number of ether oxygens (including phenoxy) is 1. The summed E-state index contributed by atoms with van der Waals surface area (Å²) in [5.41, 5.74) is -0.0129. The van der Waals surface area contributed by atoms with Crippen LogP contribution in [-0.2, 0) is 4.74 Å². The summed E-state index contributed by atoms with van der Waals surface area (Å²) in [5, 5.41) is 2.05. The summed E-state index contributed by atoms with van der Waals surface area (Å²) in [6.45, 7) is 6.53. The molecule has 90 valence electrons. The van der Waals surface area contributed by atoms with Crippen molar-refractivity contribution in [1.82, 2.24) is 10.2 Å². The van der Waals surface area contributed by atoms with Gasteiger partial charge in [0.25, 0.3) is 0 Å². The lowest BCUT2D eigenvalue weighted by molar-refractivity contribution is 0.0388. The summed E-state index contributed by atoms with van der Waals surface area (Å²) >= 11 is 0. The number of fused-ring (bicyclic) bond motifs is 2. The Hall–Kier alpha value is 0.0748. The van der Waals surface area contributed by atoms with Gasteiger partial charge < -0.3 is 15.0 Å². The highest BCUT2D eigenvalue weighted by atomic mass is 16.5. The van der Waals surface area contributed by atoms with Gasteiger partial charge in [0.05, 0.1) is 35.7 Å². The predicted octanol–water partition coefficient (Wildman–Crippen LogP) is -0.418. The Kier molecular flexibility index (Phi) is 5.17. The van der Waals surface area contributed by atoms with Gasteiger partial charge in [0.1, 0.15) is 0 Å². The second kappa shape index (κ2) is 5.81. The first-order valence-electron chi connectivity index (χ1n) is 6.35. The molecule has 6 radical (unpaired) electrons. The smallest absolute Gasteiger partial charge is 0.0861 e. The van der Waals surface area contributed by atoms with E-state index in [9.17, 15) is 0 Å². The highest BCUT2D eigenvalue weighted by molar-refractivity contribution is 6.58. The third-order valence-corrected chi connectivity index (χ3v) is 3.18. The van der Waals surface area contributed by atoms with E-state index in [-0.39, 0.29) is 5.54 Å². The molecule has 6 heteroatoms. The molecule has 2 bridgehead atoms. The Labute approximate surface area is 109 Å². The van der Waals surface area contributed by atoms with E-state index in [1.54, 1.807) is 0 Å². The van der Waals surface area contributed by atoms with Crippen molar-refractivity contribution in [3.63, 3.8) is 0 Å². The largest absolute Gasteiger partial charge is 0.401 e. The SMILES string of the molecule is CC.[B]C([B])([B])OCC12CC[C@H](CN(C)C1)N2. The maximum absolute atomic E-state index is 5.41. The standard InChI is InChI=1S/C9H15B3N2O.C2H6/c1-14-4-7-2-3-8(5-14,13-7)6-15-9(10,11)12;1-2/h7,13H,2-6H2,1H3;1-2H3/t7-,8?;/m1./s1. The van der Waals surface area contributed by atoms with Crippen molar-refractivity contribution < 1.29 is 4.74 Å². The zero-order valence-corrected chi connectivity index (χ0v) is 11.2. The average Bonchev–Trinajstić information content (AvgIpc) is 2.55. The minimum Gasteiger partial charge on any atom is -0.401 e. The highest BCUT2D eigenvalue weighted by Gasteiger charge is 2.44. The topological polar surface area (TPSA) is 24.5 Å². The van der Waals surface area contributed by atoms with Gasteiger partial charge >= 0.3 is 0 Å². The molecule has 2 heterocycles. The zero-order chi connectivity index (χ0) is 13.1. The van der Waals surface area contributed by atoms with Crippen molar-refractivity contribution >= 4 is 23.5 Å². The van der Waals surface area contributed by atoms with Crippen LogP contribution in [0.15, 0.2) is 0 Å². The lowest BCUT2D eigenvalue weighted by Gasteiger charge is -2.41. The van der Waals surface area contributed by atoms with Gasteiger partial charge in [0.15, 0.2) is 0 Å². The molecule has 0 spiro atoms. The number of likely N-dealkylation sites (tertiary alicyclic amines) is 1. The third kappa shape index (κ3) is 4.34. The van der Waals surface area contributed by atoms with Crippen molar-refractivity contribution in [1.29, 1.82) is 0 Å². The summed E-state index contributed by atoms with van der Waals surface area (Å²) in [5.74, 6) is 0. The zero-order valence-electron chi connectivity index (χ0n) is 11.2. The summed E-state index contributed by atoms with van der Waals surface area (Å²) in [6, 6.07) is 0.565. The van der Waals surface area contributed by atoms with Gasteiger partial charge in [0.2, 0.25) is 0 Å². The molecule has 0 amide bonds. The van der Waals surface area contributed by atoms with Crippen LogP contribution in [0.25, 0.3) is 0 Å². The molecule has 1 N–H and O–H groups in total. The van der Waals surface area contributed by atoms with Gasteiger partial charge in [-0.25, -0.2) is 0 Å². The third-order valence-electron chi connectivity index (χ3n) is 3.18. The number of nitrogens with one attached hydrogen (secondary N) is 1.